The Bertz CT molecular complexity index is 407. The topological polar surface area (TPSA) is 47.3 Å². The van der Waals surface area contributed by atoms with Crippen LogP contribution in [0.2, 0.25) is 0 Å². The summed E-state index contributed by atoms with van der Waals surface area (Å²) in [6, 6.07) is 8.55. The Kier molecular flexibility index (Phi) is 4.66. The van der Waals surface area contributed by atoms with Crippen LogP contribution in [0.1, 0.15) is 19.4 Å². The van der Waals surface area contributed by atoms with Crippen molar-refractivity contribution in [1.29, 1.82) is 0 Å². The van der Waals surface area contributed by atoms with Crippen LogP contribution in [0.5, 0.6) is 0 Å². The molecule has 0 atom stereocenters. The first kappa shape index (κ1) is 15.0. The Morgan fingerprint density at radius 2 is 1.95 bits per heavy atom. The van der Waals surface area contributed by atoms with Gasteiger partial charge in [-0.25, -0.2) is 0 Å². The number of rotatable bonds is 6. The Morgan fingerprint density at radius 3 is 2.42 bits per heavy atom. The van der Waals surface area contributed by atoms with Gasteiger partial charge in [-0.3, -0.25) is 0 Å². The van der Waals surface area contributed by atoms with Gasteiger partial charge in [0, 0.05) is 34.9 Å². The fourth-order valence-corrected chi connectivity index (χ4v) is 2.59. The first-order valence-electron chi connectivity index (χ1n) is 6.72. The van der Waals surface area contributed by atoms with E-state index in [1.807, 2.05) is 0 Å². The number of hydrogen-bond donors (Lipinski definition) is 2. The van der Waals surface area contributed by atoms with E-state index in [4.69, 9.17) is 10.5 Å². The van der Waals surface area contributed by atoms with Crippen molar-refractivity contribution in [1.82, 2.24) is 5.32 Å². The summed E-state index contributed by atoms with van der Waals surface area (Å²) in [5.41, 5.74) is 7.44. The fourth-order valence-electron chi connectivity index (χ4n) is 2.33. The minimum absolute atomic E-state index is 0.112. The molecule has 2 rings (SSSR count). The molecular formula is C15H23BrN2O. The molecule has 4 heteroatoms. The van der Waals surface area contributed by atoms with Crippen molar-refractivity contribution >= 4 is 15.9 Å². The highest BCUT2D eigenvalue weighted by Crippen LogP contribution is 2.27. The van der Waals surface area contributed by atoms with E-state index in [2.05, 4.69) is 59.4 Å². The van der Waals surface area contributed by atoms with Crippen molar-refractivity contribution in [2.45, 2.75) is 19.3 Å². The average Bonchev–Trinajstić information content (AvgIpc) is 2.33. The van der Waals surface area contributed by atoms with Crippen molar-refractivity contribution < 1.29 is 4.74 Å². The lowest BCUT2D eigenvalue weighted by atomic mass is 9.83. The largest absolute Gasteiger partial charge is 0.380 e. The minimum atomic E-state index is 0.112. The van der Waals surface area contributed by atoms with Crippen molar-refractivity contribution in [3.63, 3.8) is 0 Å². The van der Waals surface area contributed by atoms with E-state index in [0.29, 0.717) is 6.54 Å². The quantitative estimate of drug-likeness (QED) is 0.843. The standard InChI is InChI=1S/C15H23BrN2O/c1-14(2,12-3-5-13(16)6-4-12)8-18-9-15(7-17)10-19-11-15/h3-6,18H,7-11,17H2,1-2H3. The van der Waals surface area contributed by atoms with Crippen LogP contribution in [0.4, 0.5) is 0 Å². The summed E-state index contributed by atoms with van der Waals surface area (Å²) >= 11 is 3.47. The zero-order valence-corrected chi connectivity index (χ0v) is 13.3. The van der Waals surface area contributed by atoms with Crippen molar-refractivity contribution in [2.75, 3.05) is 32.8 Å². The molecule has 1 aliphatic rings. The van der Waals surface area contributed by atoms with Crippen LogP contribution >= 0.6 is 15.9 Å². The van der Waals surface area contributed by atoms with Gasteiger partial charge < -0.3 is 15.8 Å². The predicted octanol–water partition coefficient (Wildman–Crippen LogP) is 2.29. The minimum Gasteiger partial charge on any atom is -0.380 e. The van der Waals surface area contributed by atoms with E-state index < -0.39 is 0 Å². The molecular weight excluding hydrogens is 304 g/mol. The van der Waals surface area contributed by atoms with Crippen molar-refractivity contribution in [3.8, 4) is 0 Å². The van der Waals surface area contributed by atoms with Crippen LogP contribution in [0, 0.1) is 5.41 Å². The molecule has 0 unspecified atom stereocenters. The first-order valence-corrected chi connectivity index (χ1v) is 7.51. The van der Waals surface area contributed by atoms with E-state index in [9.17, 15) is 0 Å². The smallest absolute Gasteiger partial charge is 0.0569 e. The van der Waals surface area contributed by atoms with Gasteiger partial charge in [0.1, 0.15) is 0 Å². The average molecular weight is 327 g/mol. The summed E-state index contributed by atoms with van der Waals surface area (Å²) in [6.07, 6.45) is 0. The summed E-state index contributed by atoms with van der Waals surface area (Å²) in [4.78, 5) is 0. The Labute approximate surface area is 124 Å². The highest BCUT2D eigenvalue weighted by atomic mass is 79.9. The lowest BCUT2D eigenvalue weighted by Gasteiger charge is -2.41. The molecule has 0 saturated carbocycles. The molecule has 1 heterocycles. The third-order valence-electron chi connectivity index (χ3n) is 3.94. The number of nitrogens with one attached hydrogen (secondary N) is 1. The highest BCUT2D eigenvalue weighted by Gasteiger charge is 2.37. The molecule has 1 fully saturated rings. The molecule has 1 aliphatic heterocycles. The van der Waals surface area contributed by atoms with Gasteiger partial charge in [0.05, 0.1) is 13.2 Å². The fraction of sp³-hybridized carbons (Fsp3) is 0.600. The Hall–Kier alpha value is -0.420. The van der Waals surface area contributed by atoms with Crippen LogP contribution in [0.25, 0.3) is 0 Å². The second kappa shape index (κ2) is 5.92. The van der Waals surface area contributed by atoms with Gasteiger partial charge >= 0.3 is 0 Å². The van der Waals surface area contributed by atoms with Crippen LogP contribution < -0.4 is 11.1 Å². The normalized spacial score (nSPS) is 18.1. The third-order valence-corrected chi connectivity index (χ3v) is 4.47. The van der Waals surface area contributed by atoms with Crippen molar-refractivity contribution in [3.05, 3.63) is 34.3 Å². The molecule has 0 spiro atoms. The van der Waals surface area contributed by atoms with Crippen molar-refractivity contribution in [2.24, 2.45) is 11.1 Å². The van der Waals surface area contributed by atoms with Crippen LogP contribution in [0.3, 0.4) is 0 Å². The summed E-state index contributed by atoms with van der Waals surface area (Å²) in [5.74, 6) is 0. The number of nitrogens with two attached hydrogens (primary N) is 1. The van der Waals surface area contributed by atoms with Crippen LogP contribution in [-0.2, 0) is 10.2 Å². The number of benzene rings is 1. The van der Waals surface area contributed by atoms with Gasteiger partial charge in [0.15, 0.2) is 0 Å². The zero-order chi connectivity index (χ0) is 13.9. The van der Waals surface area contributed by atoms with Gasteiger partial charge in [-0.05, 0) is 17.7 Å². The molecule has 0 bridgehead atoms. The van der Waals surface area contributed by atoms with Gasteiger partial charge in [0.2, 0.25) is 0 Å². The number of ether oxygens (including phenoxy) is 1. The molecule has 0 radical (unpaired) electrons. The molecule has 1 aromatic carbocycles. The monoisotopic (exact) mass is 326 g/mol. The van der Waals surface area contributed by atoms with Crippen LogP contribution in [-0.4, -0.2) is 32.8 Å². The van der Waals surface area contributed by atoms with E-state index in [1.165, 1.54) is 5.56 Å². The second-order valence-corrected chi connectivity index (χ2v) is 7.11. The zero-order valence-electron chi connectivity index (χ0n) is 11.7. The molecule has 1 aromatic rings. The van der Waals surface area contributed by atoms with Gasteiger partial charge in [-0.15, -0.1) is 0 Å². The van der Waals surface area contributed by atoms with Gasteiger partial charge in [-0.1, -0.05) is 41.9 Å². The summed E-state index contributed by atoms with van der Waals surface area (Å²) < 4.78 is 6.40. The molecule has 3 N–H and O–H groups in total. The lowest BCUT2D eigenvalue weighted by Crippen LogP contribution is -2.55. The molecule has 3 nitrogen and oxygen atoms in total. The van der Waals surface area contributed by atoms with Gasteiger partial charge in [0.25, 0.3) is 0 Å². The number of halogens is 1. The third kappa shape index (κ3) is 3.57. The summed E-state index contributed by atoms with van der Waals surface area (Å²) in [6.45, 7) is 8.66. The van der Waals surface area contributed by atoms with Gasteiger partial charge in [-0.2, -0.15) is 0 Å². The van der Waals surface area contributed by atoms with E-state index in [1.54, 1.807) is 0 Å². The Morgan fingerprint density at radius 1 is 1.32 bits per heavy atom. The maximum Gasteiger partial charge on any atom is 0.0569 e. The van der Waals surface area contributed by atoms with Crippen LogP contribution in [0.15, 0.2) is 28.7 Å². The second-order valence-electron chi connectivity index (χ2n) is 6.19. The van der Waals surface area contributed by atoms with E-state index >= 15 is 0 Å². The molecule has 0 aliphatic carbocycles. The maximum absolute atomic E-state index is 5.82. The molecule has 1 saturated heterocycles. The summed E-state index contributed by atoms with van der Waals surface area (Å²) in [5, 5.41) is 3.56. The molecule has 0 amide bonds. The van der Waals surface area contributed by atoms with E-state index in [-0.39, 0.29) is 10.8 Å². The summed E-state index contributed by atoms with van der Waals surface area (Å²) in [7, 11) is 0. The Balaban J connectivity index is 1.88. The maximum atomic E-state index is 5.82. The highest BCUT2D eigenvalue weighted by molar-refractivity contribution is 9.10. The molecule has 19 heavy (non-hydrogen) atoms. The number of hydrogen-bond acceptors (Lipinski definition) is 3. The van der Waals surface area contributed by atoms with E-state index in [0.717, 1.165) is 30.8 Å². The molecule has 0 aromatic heterocycles. The lowest BCUT2D eigenvalue weighted by molar-refractivity contribution is -0.105. The SMILES string of the molecule is CC(C)(CNCC1(CN)COC1)c1ccc(Br)cc1. The molecule has 106 valence electrons. The predicted molar refractivity (Wildman–Crippen MR) is 82.3 cm³/mol. The first-order chi connectivity index (χ1) is 8.97.